The second-order valence-corrected chi connectivity index (χ2v) is 20.4. The first-order valence-corrected chi connectivity index (χ1v) is 25.2. The van der Waals surface area contributed by atoms with E-state index in [0.717, 1.165) is 24.8 Å². The number of amides is 1. The van der Waals surface area contributed by atoms with Gasteiger partial charge in [-0.2, -0.15) is 0 Å². The van der Waals surface area contributed by atoms with E-state index in [4.69, 9.17) is 23.7 Å². The Morgan fingerprint density at radius 2 is 1.62 bits per heavy atom. The highest BCUT2D eigenvalue weighted by atomic mass is 127. The quantitative estimate of drug-likeness (QED) is 0.0770. The summed E-state index contributed by atoms with van der Waals surface area (Å²) >= 11 is 2.16. The first kappa shape index (κ1) is 56.0. The van der Waals surface area contributed by atoms with Crippen molar-refractivity contribution in [3.63, 3.8) is 0 Å². The van der Waals surface area contributed by atoms with Crippen LogP contribution in [0.4, 0.5) is 0 Å². The maximum absolute atomic E-state index is 14.4. The standard InChI is InChI=1S/C51H79IN2O12/c1-30-16-12-11-13-17-31(2)42(62-8)28-38-21-19-36(7)51(61,66-38)48(58)49(59)54-23-15-14-18-40(54)50(60)65-43(33(4)26-37-20-22-39(53-52)44(27-37)63-9)29-41(55)32(3)25-35(6)46(57)47(64-10)45(56)34(5)24-30/h11-13,16-17,25,30,32-34,36-40,42-44,46-47,53,57,61H,14-15,18-24,26-29H2,1-10H3/b13-11+,16-12+,31-17+,35-25+/t30-,32-,33-,34-,36-,37+,38?,39-,40?,42+,43+,44-,46-,47+,51-/m1/s1. The number of aliphatic hydroxyl groups is 2. The summed E-state index contributed by atoms with van der Waals surface area (Å²) < 4.78 is 33.1. The molecule has 2 bridgehead atoms. The fourth-order valence-electron chi connectivity index (χ4n) is 10.3. The zero-order chi connectivity index (χ0) is 48.9. The SMILES string of the molecule is CO[C@H]1CC2CC[C@@H](C)[C@@](O)(O2)C(=O)C(=O)N2CCCCC2C(=O)O[C@H]([C@H](C)C[C@@H]2CC[C@@H](NI)[C@H](OC)C2)CC(=O)[C@H](C)/C=C(\C)[C@@H](O)[C@@H](OC)C(=O)[C@H](C)C[C@H](C)/C=C/C=C/C=C/1C. The van der Waals surface area contributed by atoms with Gasteiger partial charge in [0.1, 0.15) is 30.1 Å². The number of ketones is 3. The van der Waals surface area contributed by atoms with Crippen molar-refractivity contribution in [3.05, 3.63) is 47.6 Å². The van der Waals surface area contributed by atoms with E-state index in [1.54, 1.807) is 41.1 Å². The molecule has 15 atom stereocenters. The lowest BCUT2D eigenvalue weighted by atomic mass is 9.78. The Kier molecular flexibility index (Phi) is 22.4. The lowest BCUT2D eigenvalue weighted by Crippen LogP contribution is -2.61. The predicted molar refractivity (Wildman–Crippen MR) is 260 cm³/mol. The number of methoxy groups -OCH3 is 3. The number of aliphatic hydroxyl groups excluding tert-OH is 1. The van der Waals surface area contributed by atoms with E-state index in [1.165, 1.54) is 12.0 Å². The molecule has 4 aliphatic rings. The first-order chi connectivity index (χ1) is 31.3. The average molecular weight is 1040 g/mol. The molecule has 0 radical (unpaired) electrons. The maximum Gasteiger partial charge on any atom is 0.329 e. The number of piperidine rings is 1. The Bertz CT molecular complexity index is 1780. The molecule has 1 aliphatic carbocycles. The van der Waals surface area contributed by atoms with Gasteiger partial charge in [-0.1, -0.05) is 71.1 Å². The molecule has 2 saturated heterocycles. The number of allylic oxidation sites excluding steroid dienone is 6. The average Bonchev–Trinajstić information content (AvgIpc) is 3.30. The van der Waals surface area contributed by atoms with Gasteiger partial charge in [-0.15, -0.1) is 0 Å². The molecule has 15 heteroatoms. The van der Waals surface area contributed by atoms with Crippen LogP contribution in [-0.2, 0) is 47.7 Å². The van der Waals surface area contributed by atoms with Crippen molar-refractivity contribution in [1.82, 2.24) is 8.43 Å². The van der Waals surface area contributed by atoms with Crippen LogP contribution in [0.2, 0.25) is 0 Å². The number of esters is 1. The highest BCUT2D eigenvalue weighted by Crippen LogP contribution is 2.38. The molecule has 0 aromatic heterocycles. The molecule has 0 spiro atoms. The highest BCUT2D eigenvalue weighted by molar-refractivity contribution is 14.1. The molecule has 3 N–H and O–H groups in total. The van der Waals surface area contributed by atoms with Gasteiger partial charge in [0, 0.05) is 87.4 Å². The summed E-state index contributed by atoms with van der Waals surface area (Å²) in [5, 5.41) is 23.4. The minimum absolute atomic E-state index is 0.00331. The van der Waals surface area contributed by atoms with E-state index in [0.29, 0.717) is 50.5 Å². The molecular weight excluding hydrogens is 959 g/mol. The number of fused-ring (bicyclic) bond motifs is 3. The number of carbonyl (C=O) groups excluding carboxylic acids is 5. The molecule has 2 unspecified atom stereocenters. The van der Waals surface area contributed by atoms with Crippen molar-refractivity contribution < 1.29 is 57.9 Å². The molecule has 4 rings (SSSR count). The van der Waals surface area contributed by atoms with E-state index < -0.39 is 77.8 Å². The molecule has 66 heavy (non-hydrogen) atoms. The first-order valence-electron chi connectivity index (χ1n) is 24.1. The maximum atomic E-state index is 14.4. The fourth-order valence-corrected chi connectivity index (χ4v) is 11.0. The summed E-state index contributed by atoms with van der Waals surface area (Å²) in [6.07, 6.45) is 13.2. The van der Waals surface area contributed by atoms with Gasteiger partial charge in [0.2, 0.25) is 5.79 Å². The monoisotopic (exact) mass is 1040 g/mol. The number of halogens is 1. The minimum atomic E-state index is -2.42. The number of ether oxygens (including phenoxy) is 5. The third-order valence-electron chi connectivity index (χ3n) is 14.7. The minimum Gasteiger partial charge on any atom is -0.460 e. The van der Waals surface area contributed by atoms with Crippen LogP contribution in [-0.4, -0.2) is 127 Å². The summed E-state index contributed by atoms with van der Waals surface area (Å²) in [4.78, 5) is 72.0. The van der Waals surface area contributed by atoms with E-state index in [9.17, 15) is 34.2 Å². The van der Waals surface area contributed by atoms with Gasteiger partial charge in [0.05, 0.1) is 18.3 Å². The van der Waals surface area contributed by atoms with Gasteiger partial charge in [-0.25, -0.2) is 4.79 Å². The van der Waals surface area contributed by atoms with Crippen LogP contribution < -0.4 is 3.53 Å². The number of carbonyl (C=O) groups is 5. The third kappa shape index (κ3) is 14.7. The van der Waals surface area contributed by atoms with Gasteiger partial charge in [-0.3, -0.25) is 22.7 Å². The number of nitrogens with one attached hydrogen (secondary N) is 1. The number of cyclic esters (lactones) is 1. The second-order valence-electron chi connectivity index (χ2n) is 19.7. The fraction of sp³-hybridized carbons (Fsp3) is 0.745. The van der Waals surface area contributed by atoms with Crippen molar-refractivity contribution in [2.45, 2.75) is 180 Å². The lowest BCUT2D eigenvalue weighted by molar-refractivity contribution is -0.265. The topological polar surface area (TPSA) is 187 Å². The van der Waals surface area contributed by atoms with E-state index in [2.05, 4.69) is 26.4 Å². The molecule has 3 aliphatic heterocycles. The second kappa shape index (κ2) is 26.4. The lowest BCUT2D eigenvalue weighted by Gasteiger charge is -2.42. The smallest absolute Gasteiger partial charge is 0.329 e. The normalized spacial score (nSPS) is 40.0. The van der Waals surface area contributed by atoms with Crippen LogP contribution in [0.15, 0.2) is 47.6 Å². The molecule has 3 heterocycles. The Morgan fingerprint density at radius 3 is 2.29 bits per heavy atom. The number of nitrogens with zero attached hydrogens (tertiary/aromatic N) is 1. The van der Waals surface area contributed by atoms with Crippen LogP contribution in [0, 0.1) is 35.5 Å². The molecular formula is C51H79IN2O12. The zero-order valence-corrected chi connectivity index (χ0v) is 43.2. The summed E-state index contributed by atoms with van der Waals surface area (Å²) in [6.45, 7) is 12.9. The molecule has 1 saturated carbocycles. The van der Waals surface area contributed by atoms with Crippen LogP contribution >= 0.6 is 22.9 Å². The summed E-state index contributed by atoms with van der Waals surface area (Å²) in [5.41, 5.74) is 1.29. The Balaban J connectivity index is 1.70. The zero-order valence-electron chi connectivity index (χ0n) is 41.0. The molecule has 0 aromatic rings. The number of hydrogen-bond acceptors (Lipinski definition) is 13. The summed E-state index contributed by atoms with van der Waals surface area (Å²) in [6, 6.07) is -0.913. The van der Waals surface area contributed by atoms with Crippen molar-refractivity contribution in [1.29, 1.82) is 0 Å². The Labute approximate surface area is 407 Å². The number of rotatable bonds is 7. The Hall–Kier alpha value is -2.64. The largest absolute Gasteiger partial charge is 0.460 e. The van der Waals surface area contributed by atoms with Gasteiger partial charge < -0.3 is 38.8 Å². The molecule has 372 valence electrons. The van der Waals surface area contributed by atoms with Gasteiger partial charge >= 0.3 is 5.97 Å². The van der Waals surface area contributed by atoms with Gasteiger partial charge in [-0.05, 0) is 107 Å². The van der Waals surface area contributed by atoms with Crippen LogP contribution in [0.3, 0.4) is 0 Å². The Morgan fingerprint density at radius 1 is 0.894 bits per heavy atom. The third-order valence-corrected chi connectivity index (χ3v) is 15.5. The van der Waals surface area contributed by atoms with Crippen molar-refractivity contribution >= 4 is 52.1 Å². The predicted octanol–water partition coefficient (Wildman–Crippen LogP) is 7.13. The van der Waals surface area contributed by atoms with Gasteiger partial charge in [0.25, 0.3) is 11.7 Å². The van der Waals surface area contributed by atoms with Crippen molar-refractivity contribution in [2.24, 2.45) is 35.5 Å². The van der Waals surface area contributed by atoms with Crippen LogP contribution in [0.5, 0.6) is 0 Å². The van der Waals surface area contributed by atoms with E-state index in [-0.39, 0.29) is 60.9 Å². The molecule has 3 fully saturated rings. The van der Waals surface area contributed by atoms with Crippen molar-refractivity contribution in [2.75, 3.05) is 27.9 Å². The van der Waals surface area contributed by atoms with E-state index in [1.807, 2.05) is 58.1 Å². The number of hydrogen-bond donors (Lipinski definition) is 3. The molecule has 1 amide bonds. The van der Waals surface area contributed by atoms with Gasteiger partial charge in [0.15, 0.2) is 5.78 Å². The molecule has 0 aromatic carbocycles. The van der Waals surface area contributed by atoms with E-state index >= 15 is 0 Å². The van der Waals surface area contributed by atoms with Crippen molar-refractivity contribution in [3.8, 4) is 0 Å². The highest BCUT2D eigenvalue weighted by Gasteiger charge is 2.53. The number of Topliss-reactive ketones (excluding diaryl/α,β-unsaturated/α-hetero) is 3. The summed E-state index contributed by atoms with van der Waals surface area (Å²) in [7, 11) is 4.68. The van der Waals surface area contributed by atoms with Crippen LogP contribution in [0.25, 0.3) is 0 Å². The molecule has 14 nitrogen and oxygen atoms in total. The van der Waals surface area contributed by atoms with Crippen LogP contribution in [0.1, 0.15) is 126 Å². The summed E-state index contributed by atoms with van der Waals surface area (Å²) in [5.74, 6) is -7.61.